The van der Waals surface area contributed by atoms with E-state index in [0.717, 1.165) is 5.01 Å². The lowest BCUT2D eigenvalue weighted by molar-refractivity contribution is -0.151. The van der Waals surface area contributed by atoms with Crippen LogP contribution in [0.1, 0.15) is 16.8 Å². The van der Waals surface area contributed by atoms with Gasteiger partial charge in [0, 0.05) is 10.9 Å². The van der Waals surface area contributed by atoms with Crippen LogP contribution in [0.2, 0.25) is 0 Å². The molecule has 1 saturated heterocycles. The van der Waals surface area contributed by atoms with Gasteiger partial charge in [-0.1, -0.05) is 12.1 Å². The molecule has 20 heavy (non-hydrogen) atoms. The number of amides is 2. The molecule has 1 unspecified atom stereocenters. The van der Waals surface area contributed by atoms with E-state index in [4.69, 9.17) is 0 Å². The normalized spacial score (nSPS) is 18.4. The molecule has 106 valence electrons. The summed E-state index contributed by atoms with van der Waals surface area (Å²) in [5.41, 5.74) is 2.88. The van der Waals surface area contributed by atoms with Crippen LogP contribution in [0, 0.1) is 5.92 Å². The Balaban J connectivity index is 2.19. The number of rotatable bonds is 2. The Morgan fingerprint density at radius 1 is 1.40 bits per heavy atom. The van der Waals surface area contributed by atoms with Gasteiger partial charge in [0.1, 0.15) is 0 Å². The zero-order chi connectivity index (χ0) is 14.7. The van der Waals surface area contributed by atoms with Gasteiger partial charge in [0.25, 0.3) is 5.91 Å². The van der Waals surface area contributed by atoms with E-state index in [1.807, 2.05) is 0 Å². The Labute approximate surface area is 124 Å². The van der Waals surface area contributed by atoms with Gasteiger partial charge in [0.05, 0.1) is 25.1 Å². The first-order valence-electron chi connectivity index (χ1n) is 5.96. The SMILES string of the molecule is COC(=O)C1CC(=O)NN(C(=O)c2ccccc2Br)C1. The van der Waals surface area contributed by atoms with Gasteiger partial charge in [-0.25, -0.2) is 5.01 Å². The molecule has 0 spiro atoms. The van der Waals surface area contributed by atoms with E-state index in [9.17, 15) is 14.4 Å². The van der Waals surface area contributed by atoms with Crippen LogP contribution in [-0.4, -0.2) is 36.4 Å². The Morgan fingerprint density at radius 2 is 2.10 bits per heavy atom. The quantitative estimate of drug-likeness (QED) is 0.818. The van der Waals surface area contributed by atoms with Crippen LogP contribution < -0.4 is 5.43 Å². The van der Waals surface area contributed by atoms with E-state index in [2.05, 4.69) is 26.1 Å². The van der Waals surface area contributed by atoms with Crippen LogP contribution >= 0.6 is 15.9 Å². The number of hydrogen-bond acceptors (Lipinski definition) is 4. The molecule has 1 heterocycles. The van der Waals surface area contributed by atoms with Gasteiger partial charge in [-0.15, -0.1) is 0 Å². The number of halogens is 1. The highest BCUT2D eigenvalue weighted by molar-refractivity contribution is 9.10. The third-order valence-electron chi connectivity index (χ3n) is 2.98. The van der Waals surface area contributed by atoms with E-state index in [-0.39, 0.29) is 24.8 Å². The van der Waals surface area contributed by atoms with Crippen molar-refractivity contribution in [2.75, 3.05) is 13.7 Å². The molecule has 0 radical (unpaired) electrons. The molecule has 0 saturated carbocycles. The van der Waals surface area contributed by atoms with Crippen LogP contribution in [0.3, 0.4) is 0 Å². The lowest BCUT2D eigenvalue weighted by Gasteiger charge is -2.31. The maximum Gasteiger partial charge on any atom is 0.311 e. The first kappa shape index (κ1) is 14.5. The van der Waals surface area contributed by atoms with Gasteiger partial charge in [0.2, 0.25) is 5.91 Å². The molecule has 0 bridgehead atoms. The molecule has 1 aromatic carbocycles. The van der Waals surface area contributed by atoms with Gasteiger partial charge in [0.15, 0.2) is 0 Å². The lowest BCUT2D eigenvalue weighted by Crippen LogP contribution is -2.54. The summed E-state index contributed by atoms with van der Waals surface area (Å²) in [6.07, 6.45) is 0.0203. The molecule has 0 aromatic heterocycles. The summed E-state index contributed by atoms with van der Waals surface area (Å²) in [7, 11) is 1.26. The summed E-state index contributed by atoms with van der Waals surface area (Å²) in [6.45, 7) is 0.0958. The van der Waals surface area contributed by atoms with Crippen molar-refractivity contribution in [3.05, 3.63) is 34.3 Å². The number of carbonyl (C=O) groups excluding carboxylic acids is 3. The molecule has 2 rings (SSSR count). The number of ether oxygens (including phenoxy) is 1. The fourth-order valence-corrected chi connectivity index (χ4v) is 2.44. The van der Waals surface area contributed by atoms with Crippen molar-refractivity contribution < 1.29 is 19.1 Å². The molecular formula is C13H13BrN2O4. The third-order valence-corrected chi connectivity index (χ3v) is 3.67. The minimum Gasteiger partial charge on any atom is -0.469 e. The maximum absolute atomic E-state index is 12.4. The summed E-state index contributed by atoms with van der Waals surface area (Å²) >= 11 is 3.28. The van der Waals surface area contributed by atoms with Crippen molar-refractivity contribution in [3.63, 3.8) is 0 Å². The minimum absolute atomic E-state index is 0.0203. The molecule has 1 aliphatic heterocycles. The standard InChI is InChI=1S/C13H13BrN2O4/c1-20-13(19)8-6-11(17)15-16(7-8)12(18)9-4-2-3-5-10(9)14/h2-5,8H,6-7H2,1H3,(H,15,17). The van der Waals surface area contributed by atoms with Gasteiger partial charge < -0.3 is 4.74 Å². The highest BCUT2D eigenvalue weighted by Crippen LogP contribution is 2.20. The summed E-state index contributed by atoms with van der Waals surface area (Å²) in [5, 5.41) is 1.15. The molecule has 0 aliphatic carbocycles. The Kier molecular flexibility index (Phi) is 4.39. The molecule has 1 N–H and O–H groups in total. The van der Waals surface area contributed by atoms with Crippen LogP contribution in [0.5, 0.6) is 0 Å². The number of hydrogen-bond donors (Lipinski definition) is 1. The Morgan fingerprint density at radius 3 is 2.75 bits per heavy atom. The molecule has 1 atom stereocenters. The number of nitrogens with zero attached hydrogens (tertiary/aromatic N) is 1. The number of carbonyl (C=O) groups is 3. The van der Waals surface area contributed by atoms with Crippen LogP contribution in [0.4, 0.5) is 0 Å². The summed E-state index contributed by atoms with van der Waals surface area (Å²) < 4.78 is 5.25. The molecule has 2 amide bonds. The number of esters is 1. The second kappa shape index (κ2) is 6.04. The average Bonchev–Trinajstić information content (AvgIpc) is 2.45. The Hall–Kier alpha value is -1.89. The Bertz CT molecular complexity index is 561. The number of nitrogens with one attached hydrogen (secondary N) is 1. The first-order valence-corrected chi connectivity index (χ1v) is 6.76. The van der Waals surface area contributed by atoms with Gasteiger partial charge in [-0.05, 0) is 28.1 Å². The summed E-state index contributed by atoms with van der Waals surface area (Å²) in [4.78, 5) is 35.5. The highest BCUT2D eigenvalue weighted by Gasteiger charge is 2.34. The molecule has 1 fully saturated rings. The van der Waals surface area contributed by atoms with Crippen molar-refractivity contribution in [3.8, 4) is 0 Å². The van der Waals surface area contributed by atoms with Crippen molar-refractivity contribution in [2.45, 2.75) is 6.42 Å². The van der Waals surface area contributed by atoms with Crippen molar-refractivity contribution in [2.24, 2.45) is 5.92 Å². The second-order valence-corrected chi connectivity index (χ2v) is 5.21. The first-order chi connectivity index (χ1) is 9.52. The van der Waals surface area contributed by atoms with Crippen LogP contribution in [0.25, 0.3) is 0 Å². The zero-order valence-corrected chi connectivity index (χ0v) is 12.3. The van der Waals surface area contributed by atoms with E-state index in [0.29, 0.717) is 10.0 Å². The molecule has 1 aromatic rings. The predicted molar refractivity (Wildman–Crippen MR) is 73.4 cm³/mol. The monoisotopic (exact) mass is 340 g/mol. The number of methoxy groups -OCH3 is 1. The lowest BCUT2D eigenvalue weighted by atomic mass is 10.0. The van der Waals surface area contributed by atoms with E-state index >= 15 is 0 Å². The molecule has 1 aliphatic rings. The maximum atomic E-state index is 12.4. The number of hydrazine groups is 1. The second-order valence-electron chi connectivity index (χ2n) is 4.35. The topological polar surface area (TPSA) is 75.7 Å². The highest BCUT2D eigenvalue weighted by atomic mass is 79.9. The van der Waals surface area contributed by atoms with Crippen LogP contribution in [-0.2, 0) is 14.3 Å². The van der Waals surface area contributed by atoms with Crippen LogP contribution in [0.15, 0.2) is 28.7 Å². The number of benzene rings is 1. The molecule has 6 nitrogen and oxygen atoms in total. The fraction of sp³-hybridized carbons (Fsp3) is 0.308. The molecular weight excluding hydrogens is 328 g/mol. The van der Waals surface area contributed by atoms with Crippen molar-refractivity contribution >= 4 is 33.7 Å². The molecule has 7 heteroatoms. The smallest absolute Gasteiger partial charge is 0.311 e. The van der Waals surface area contributed by atoms with Gasteiger partial charge >= 0.3 is 5.97 Å². The van der Waals surface area contributed by atoms with Gasteiger partial charge in [-0.3, -0.25) is 19.8 Å². The fourth-order valence-electron chi connectivity index (χ4n) is 1.99. The van der Waals surface area contributed by atoms with E-state index < -0.39 is 11.9 Å². The van der Waals surface area contributed by atoms with Gasteiger partial charge in [-0.2, -0.15) is 0 Å². The zero-order valence-electron chi connectivity index (χ0n) is 10.8. The minimum atomic E-state index is -0.639. The third kappa shape index (κ3) is 2.98. The van der Waals surface area contributed by atoms with E-state index in [1.54, 1.807) is 24.3 Å². The summed E-state index contributed by atoms with van der Waals surface area (Å²) in [5.74, 6) is -1.89. The van der Waals surface area contributed by atoms with E-state index in [1.165, 1.54) is 7.11 Å². The van der Waals surface area contributed by atoms with Crippen molar-refractivity contribution in [1.29, 1.82) is 0 Å². The largest absolute Gasteiger partial charge is 0.469 e. The predicted octanol–water partition coefficient (Wildman–Crippen LogP) is 1.12. The average molecular weight is 341 g/mol. The summed E-state index contributed by atoms with van der Waals surface area (Å²) in [6, 6.07) is 6.88. The van der Waals surface area contributed by atoms with Crippen molar-refractivity contribution in [1.82, 2.24) is 10.4 Å².